The third-order valence-corrected chi connectivity index (χ3v) is 8.82. The van der Waals surface area contributed by atoms with Crippen LogP contribution in [0, 0.1) is 12.7 Å². The van der Waals surface area contributed by atoms with Gasteiger partial charge >= 0.3 is 6.03 Å². The van der Waals surface area contributed by atoms with Crippen LogP contribution in [0.1, 0.15) is 42.9 Å². The first-order chi connectivity index (χ1) is 20.4. The molecule has 0 radical (unpaired) electrons. The molecule has 0 atom stereocenters. The molecule has 1 aliphatic carbocycles. The quantitative estimate of drug-likeness (QED) is 0.295. The standard InChI is InChI=1S/C32H39FN8O/c1-21-4-3-5-22(16-21)18-35-32(42)38-28-11-6-23(17-27(28)33)26-19-41(31-29(26)30(34)36-20-37-31)25-9-7-24(8-10-25)40-14-12-39(2)13-15-40/h3-6,11,16-17,19-20,24-25H,7-10,12-15,18H2,1-2H3,(H2,34,36,37)(H2,35,38,42). The molecule has 0 spiro atoms. The van der Waals surface area contributed by atoms with E-state index in [1.807, 2.05) is 37.4 Å². The second kappa shape index (κ2) is 12.1. The van der Waals surface area contributed by atoms with Crippen molar-refractivity contribution < 1.29 is 9.18 Å². The van der Waals surface area contributed by atoms with Gasteiger partial charge < -0.3 is 25.8 Å². The van der Waals surface area contributed by atoms with Crippen molar-refractivity contribution in [1.82, 2.24) is 29.7 Å². The van der Waals surface area contributed by atoms with Gasteiger partial charge in [-0.25, -0.2) is 19.2 Å². The maximum Gasteiger partial charge on any atom is 0.319 e. The van der Waals surface area contributed by atoms with Crippen molar-refractivity contribution in [1.29, 1.82) is 0 Å². The molecule has 0 bridgehead atoms. The molecule has 2 aromatic carbocycles. The number of halogens is 1. The van der Waals surface area contributed by atoms with E-state index in [4.69, 9.17) is 5.73 Å². The number of amides is 2. The first-order valence-corrected chi connectivity index (χ1v) is 14.8. The summed E-state index contributed by atoms with van der Waals surface area (Å²) in [6, 6.07) is 13.1. The number of nitrogens with two attached hydrogens (primary N) is 1. The van der Waals surface area contributed by atoms with Crippen molar-refractivity contribution in [2.24, 2.45) is 0 Å². The summed E-state index contributed by atoms with van der Waals surface area (Å²) in [6.07, 6.45) is 7.94. The Hall–Kier alpha value is -4.02. The topological polar surface area (TPSA) is 104 Å². The average Bonchev–Trinajstić information content (AvgIpc) is 3.39. The van der Waals surface area contributed by atoms with Crippen LogP contribution in [0.25, 0.3) is 22.2 Å². The number of hydrogen-bond donors (Lipinski definition) is 3. The zero-order valence-electron chi connectivity index (χ0n) is 24.3. The molecular formula is C32H39FN8O. The van der Waals surface area contributed by atoms with Crippen LogP contribution < -0.4 is 16.4 Å². The van der Waals surface area contributed by atoms with Crippen molar-refractivity contribution in [3.63, 3.8) is 0 Å². The molecule has 2 aromatic heterocycles. The number of likely N-dealkylation sites (N-methyl/N-ethyl adjacent to an activating group) is 1. The van der Waals surface area contributed by atoms with Crippen LogP contribution in [0.4, 0.5) is 20.7 Å². The predicted molar refractivity (Wildman–Crippen MR) is 165 cm³/mol. The van der Waals surface area contributed by atoms with E-state index in [-0.39, 0.29) is 5.69 Å². The zero-order chi connectivity index (χ0) is 29.2. The highest BCUT2D eigenvalue weighted by Gasteiger charge is 2.30. The Morgan fingerprint density at radius 3 is 2.52 bits per heavy atom. The fourth-order valence-electron chi connectivity index (χ4n) is 6.45. The molecule has 220 valence electrons. The number of nitrogens with zero attached hydrogens (tertiary/aromatic N) is 5. The van der Waals surface area contributed by atoms with E-state index in [9.17, 15) is 4.79 Å². The van der Waals surface area contributed by atoms with E-state index in [2.05, 4.69) is 42.0 Å². The molecule has 4 N–H and O–H groups in total. The van der Waals surface area contributed by atoms with Gasteiger partial charge in [0.15, 0.2) is 0 Å². The molecule has 2 aliphatic rings. The minimum absolute atomic E-state index is 0.107. The number of carbonyl (C=O) groups is 1. The second-order valence-electron chi connectivity index (χ2n) is 11.7. The molecule has 6 rings (SSSR count). The Morgan fingerprint density at radius 1 is 1.02 bits per heavy atom. The van der Waals surface area contributed by atoms with Crippen molar-refractivity contribution >= 4 is 28.6 Å². The van der Waals surface area contributed by atoms with Crippen molar-refractivity contribution in [2.45, 2.75) is 51.2 Å². The fourth-order valence-corrected chi connectivity index (χ4v) is 6.45. The normalized spacial score (nSPS) is 20.1. The van der Waals surface area contributed by atoms with Crippen LogP contribution >= 0.6 is 0 Å². The van der Waals surface area contributed by atoms with Crippen LogP contribution in [-0.4, -0.2) is 69.6 Å². The highest BCUT2D eigenvalue weighted by molar-refractivity contribution is 6.01. The molecule has 2 fully saturated rings. The van der Waals surface area contributed by atoms with E-state index in [0.717, 1.165) is 79.6 Å². The van der Waals surface area contributed by atoms with Crippen LogP contribution in [0.5, 0.6) is 0 Å². The Bertz CT molecular complexity index is 1570. The summed E-state index contributed by atoms with van der Waals surface area (Å²) in [7, 11) is 2.19. The number of nitrogen functional groups attached to an aromatic ring is 1. The summed E-state index contributed by atoms with van der Waals surface area (Å²) in [5, 5.41) is 6.14. The summed E-state index contributed by atoms with van der Waals surface area (Å²) >= 11 is 0. The van der Waals surface area contributed by atoms with Gasteiger partial charge in [0, 0.05) is 56.6 Å². The maximum atomic E-state index is 15.3. The molecule has 1 saturated heterocycles. The molecular weight excluding hydrogens is 531 g/mol. The third-order valence-electron chi connectivity index (χ3n) is 8.82. The van der Waals surface area contributed by atoms with Gasteiger partial charge in [-0.15, -0.1) is 0 Å². The number of hydrogen-bond acceptors (Lipinski definition) is 6. The monoisotopic (exact) mass is 570 g/mol. The number of carbonyl (C=O) groups excluding carboxylic acids is 1. The first kappa shape index (κ1) is 28.1. The number of anilines is 2. The Labute approximate surface area is 245 Å². The largest absolute Gasteiger partial charge is 0.383 e. The Morgan fingerprint density at radius 2 is 1.79 bits per heavy atom. The molecule has 0 unspecified atom stereocenters. The summed E-state index contributed by atoms with van der Waals surface area (Å²) in [6.45, 7) is 6.88. The highest BCUT2D eigenvalue weighted by Crippen LogP contribution is 2.39. The van der Waals surface area contributed by atoms with Gasteiger partial charge in [0.1, 0.15) is 23.6 Å². The number of nitrogens with one attached hydrogen (secondary N) is 2. The summed E-state index contributed by atoms with van der Waals surface area (Å²) in [5.41, 5.74) is 10.8. The average molecular weight is 571 g/mol. The van der Waals surface area contributed by atoms with Crippen molar-refractivity contribution in [3.05, 3.63) is 71.9 Å². The number of urea groups is 1. The number of aromatic nitrogens is 3. The minimum Gasteiger partial charge on any atom is -0.383 e. The molecule has 42 heavy (non-hydrogen) atoms. The van der Waals surface area contributed by atoms with Crippen molar-refractivity contribution in [3.8, 4) is 11.1 Å². The van der Waals surface area contributed by atoms with Crippen LogP contribution in [-0.2, 0) is 6.54 Å². The number of piperazine rings is 1. The highest BCUT2D eigenvalue weighted by atomic mass is 19.1. The smallest absolute Gasteiger partial charge is 0.319 e. The molecule has 10 heteroatoms. The number of rotatable bonds is 6. The lowest BCUT2D eigenvalue weighted by Gasteiger charge is -2.41. The summed E-state index contributed by atoms with van der Waals surface area (Å²) < 4.78 is 17.5. The van der Waals surface area contributed by atoms with Gasteiger partial charge in [-0.3, -0.25) is 4.90 Å². The van der Waals surface area contributed by atoms with Crippen LogP contribution in [0.2, 0.25) is 0 Å². The molecule has 1 saturated carbocycles. The van der Waals surface area contributed by atoms with E-state index in [1.165, 1.54) is 12.4 Å². The molecule has 3 heterocycles. The van der Waals surface area contributed by atoms with Crippen molar-refractivity contribution in [2.75, 3.05) is 44.3 Å². The lowest BCUT2D eigenvalue weighted by Crippen LogP contribution is -2.49. The number of benzene rings is 2. The summed E-state index contributed by atoms with van der Waals surface area (Å²) in [4.78, 5) is 26.4. The number of aryl methyl sites for hydroxylation is 1. The lowest BCUT2D eigenvalue weighted by molar-refractivity contribution is 0.0828. The molecule has 9 nitrogen and oxygen atoms in total. The molecule has 2 amide bonds. The SMILES string of the molecule is Cc1cccc(CNC(=O)Nc2ccc(-c3cn(C4CCC(N5CCN(C)CC5)CC4)c4ncnc(N)c34)cc2F)c1. The van der Waals surface area contributed by atoms with E-state index in [1.54, 1.807) is 12.1 Å². The number of fused-ring (bicyclic) bond motifs is 1. The van der Waals surface area contributed by atoms with Gasteiger partial charge in [-0.05, 0) is 62.9 Å². The van der Waals surface area contributed by atoms with Gasteiger partial charge in [0.25, 0.3) is 0 Å². The predicted octanol–water partition coefficient (Wildman–Crippen LogP) is 5.18. The fraction of sp³-hybridized carbons (Fsp3) is 0.406. The van der Waals surface area contributed by atoms with E-state index < -0.39 is 11.8 Å². The molecule has 1 aliphatic heterocycles. The molecule has 4 aromatic rings. The zero-order valence-corrected chi connectivity index (χ0v) is 24.3. The van der Waals surface area contributed by atoms with Gasteiger partial charge in [0.05, 0.1) is 11.1 Å². The Kier molecular flexibility index (Phi) is 8.08. The van der Waals surface area contributed by atoms with Gasteiger partial charge in [0.2, 0.25) is 0 Å². The first-order valence-electron chi connectivity index (χ1n) is 14.8. The second-order valence-corrected chi connectivity index (χ2v) is 11.7. The van der Waals surface area contributed by atoms with E-state index >= 15 is 4.39 Å². The summed E-state index contributed by atoms with van der Waals surface area (Å²) in [5.74, 6) is -0.153. The van der Waals surface area contributed by atoms with E-state index in [0.29, 0.717) is 30.0 Å². The lowest BCUT2D eigenvalue weighted by atomic mass is 9.89. The maximum absolute atomic E-state index is 15.3. The van der Waals surface area contributed by atoms with Gasteiger partial charge in [-0.2, -0.15) is 0 Å². The van der Waals surface area contributed by atoms with Crippen LogP contribution in [0.15, 0.2) is 55.0 Å². The minimum atomic E-state index is -0.526. The Balaban J connectivity index is 1.18. The third kappa shape index (κ3) is 5.96. The van der Waals surface area contributed by atoms with Gasteiger partial charge in [-0.1, -0.05) is 35.9 Å². The van der Waals surface area contributed by atoms with Crippen LogP contribution in [0.3, 0.4) is 0 Å².